The van der Waals surface area contributed by atoms with Crippen LogP contribution >= 0.6 is 11.3 Å². The molecular formula is C13H17N3O2S2. The van der Waals surface area contributed by atoms with Crippen LogP contribution in [0.3, 0.4) is 0 Å². The number of hydrogen-bond acceptors (Lipinski definition) is 5. The summed E-state index contributed by atoms with van der Waals surface area (Å²) in [4.78, 5) is 5.49. The molecule has 0 unspecified atom stereocenters. The Morgan fingerprint density at radius 3 is 2.55 bits per heavy atom. The summed E-state index contributed by atoms with van der Waals surface area (Å²) in [5.74, 6) is 0. The van der Waals surface area contributed by atoms with Crippen LogP contribution in [0.5, 0.6) is 0 Å². The first-order valence-corrected chi connectivity index (χ1v) is 8.43. The SMILES string of the molecule is CNCc1ccccc1S(=O)(=O)Nc1nc(C)c(C)s1. The van der Waals surface area contributed by atoms with Gasteiger partial charge in [0, 0.05) is 11.4 Å². The highest BCUT2D eigenvalue weighted by Gasteiger charge is 2.19. The van der Waals surface area contributed by atoms with Gasteiger partial charge < -0.3 is 5.32 Å². The second-order valence-corrected chi connectivity index (χ2v) is 7.26. The summed E-state index contributed by atoms with van der Waals surface area (Å²) in [5, 5.41) is 3.37. The maximum atomic E-state index is 12.4. The van der Waals surface area contributed by atoms with Crippen LogP contribution in [0, 0.1) is 13.8 Å². The van der Waals surface area contributed by atoms with E-state index in [1.54, 1.807) is 25.2 Å². The zero-order valence-corrected chi connectivity index (χ0v) is 13.2. The average molecular weight is 311 g/mol. The van der Waals surface area contributed by atoms with Crippen molar-refractivity contribution in [1.82, 2.24) is 10.3 Å². The molecule has 0 spiro atoms. The lowest BCUT2D eigenvalue weighted by Crippen LogP contribution is -2.17. The molecule has 108 valence electrons. The molecule has 1 aromatic heterocycles. The van der Waals surface area contributed by atoms with Crippen molar-refractivity contribution in [3.05, 3.63) is 40.4 Å². The number of aromatic nitrogens is 1. The molecule has 0 radical (unpaired) electrons. The van der Waals surface area contributed by atoms with Crippen molar-refractivity contribution in [3.63, 3.8) is 0 Å². The summed E-state index contributed by atoms with van der Waals surface area (Å²) >= 11 is 1.34. The normalized spacial score (nSPS) is 11.6. The molecule has 7 heteroatoms. The Labute approximate surface area is 123 Å². The molecule has 2 aromatic rings. The van der Waals surface area contributed by atoms with E-state index in [9.17, 15) is 8.42 Å². The summed E-state index contributed by atoms with van der Waals surface area (Å²) in [6.07, 6.45) is 0. The van der Waals surface area contributed by atoms with Crippen molar-refractivity contribution in [2.24, 2.45) is 0 Å². The fourth-order valence-electron chi connectivity index (χ4n) is 1.79. The van der Waals surface area contributed by atoms with E-state index in [0.29, 0.717) is 11.7 Å². The van der Waals surface area contributed by atoms with Crippen LogP contribution in [0.25, 0.3) is 0 Å². The van der Waals surface area contributed by atoms with Gasteiger partial charge in [-0.2, -0.15) is 0 Å². The predicted octanol–water partition coefficient (Wildman–Crippen LogP) is 2.28. The number of nitrogens with zero attached hydrogens (tertiary/aromatic N) is 1. The lowest BCUT2D eigenvalue weighted by Gasteiger charge is -2.10. The molecule has 0 aliphatic carbocycles. The minimum absolute atomic E-state index is 0.278. The van der Waals surface area contributed by atoms with E-state index in [-0.39, 0.29) is 4.90 Å². The quantitative estimate of drug-likeness (QED) is 0.888. The van der Waals surface area contributed by atoms with Gasteiger partial charge in [-0.15, -0.1) is 11.3 Å². The van der Waals surface area contributed by atoms with Crippen LogP contribution in [0.2, 0.25) is 0 Å². The van der Waals surface area contributed by atoms with Gasteiger partial charge in [0.1, 0.15) is 0 Å². The molecule has 0 aliphatic heterocycles. The molecule has 2 N–H and O–H groups in total. The zero-order valence-electron chi connectivity index (χ0n) is 11.6. The second kappa shape index (κ2) is 5.90. The number of aryl methyl sites for hydroxylation is 2. The van der Waals surface area contributed by atoms with E-state index in [2.05, 4.69) is 15.0 Å². The van der Waals surface area contributed by atoms with E-state index < -0.39 is 10.0 Å². The molecule has 1 aromatic carbocycles. The number of nitrogens with one attached hydrogen (secondary N) is 2. The fourth-order valence-corrected chi connectivity index (χ4v) is 4.08. The Morgan fingerprint density at radius 2 is 1.95 bits per heavy atom. The Balaban J connectivity index is 2.35. The molecule has 5 nitrogen and oxygen atoms in total. The highest BCUT2D eigenvalue weighted by atomic mass is 32.2. The zero-order chi connectivity index (χ0) is 14.8. The molecule has 20 heavy (non-hydrogen) atoms. The summed E-state index contributed by atoms with van der Waals surface area (Å²) in [7, 11) is -1.83. The van der Waals surface area contributed by atoms with Crippen LogP contribution in [0.4, 0.5) is 5.13 Å². The van der Waals surface area contributed by atoms with E-state index in [1.165, 1.54) is 11.3 Å². The van der Waals surface area contributed by atoms with Crippen molar-refractivity contribution >= 4 is 26.5 Å². The number of hydrogen-bond donors (Lipinski definition) is 2. The van der Waals surface area contributed by atoms with Crippen LogP contribution in [0.1, 0.15) is 16.1 Å². The first-order chi connectivity index (χ1) is 9.44. The van der Waals surface area contributed by atoms with E-state index >= 15 is 0 Å². The van der Waals surface area contributed by atoms with E-state index in [4.69, 9.17) is 0 Å². The van der Waals surface area contributed by atoms with Gasteiger partial charge in [0.25, 0.3) is 10.0 Å². The standard InChI is InChI=1S/C13H17N3O2S2/c1-9-10(2)19-13(15-9)16-20(17,18)12-7-5-4-6-11(12)8-14-3/h4-7,14H,8H2,1-3H3,(H,15,16). The maximum Gasteiger partial charge on any atom is 0.263 e. The third kappa shape index (κ3) is 3.17. The number of anilines is 1. The van der Waals surface area contributed by atoms with Gasteiger partial charge in [-0.1, -0.05) is 18.2 Å². The largest absolute Gasteiger partial charge is 0.316 e. The van der Waals surface area contributed by atoms with Gasteiger partial charge in [0.15, 0.2) is 5.13 Å². The number of benzene rings is 1. The molecule has 0 aliphatic rings. The molecule has 0 atom stereocenters. The van der Waals surface area contributed by atoms with Crippen LogP contribution in [-0.2, 0) is 16.6 Å². The minimum atomic E-state index is -3.61. The number of sulfonamides is 1. The van der Waals surface area contributed by atoms with Gasteiger partial charge in [-0.3, -0.25) is 4.72 Å². The van der Waals surface area contributed by atoms with Crippen LogP contribution < -0.4 is 10.0 Å². The van der Waals surface area contributed by atoms with Gasteiger partial charge in [-0.05, 0) is 32.5 Å². The Bertz CT molecular complexity index is 689. The van der Waals surface area contributed by atoms with Gasteiger partial charge in [0.2, 0.25) is 0 Å². The smallest absolute Gasteiger partial charge is 0.263 e. The van der Waals surface area contributed by atoms with E-state index in [1.807, 2.05) is 19.9 Å². The Morgan fingerprint density at radius 1 is 1.25 bits per heavy atom. The highest BCUT2D eigenvalue weighted by Crippen LogP contribution is 2.25. The van der Waals surface area contributed by atoms with Gasteiger partial charge in [-0.25, -0.2) is 13.4 Å². The Kier molecular flexibility index (Phi) is 4.42. The molecule has 1 heterocycles. The third-order valence-corrected chi connectivity index (χ3v) is 5.44. The minimum Gasteiger partial charge on any atom is -0.316 e. The first kappa shape index (κ1) is 15.0. The van der Waals surface area contributed by atoms with Crippen molar-refractivity contribution in [2.45, 2.75) is 25.3 Å². The topological polar surface area (TPSA) is 71.1 Å². The second-order valence-electron chi connectivity index (χ2n) is 4.40. The maximum absolute atomic E-state index is 12.4. The summed E-state index contributed by atoms with van der Waals surface area (Å²) < 4.78 is 27.4. The predicted molar refractivity (Wildman–Crippen MR) is 81.6 cm³/mol. The van der Waals surface area contributed by atoms with Gasteiger partial charge in [0.05, 0.1) is 10.6 Å². The van der Waals surface area contributed by atoms with Crippen LogP contribution in [-0.4, -0.2) is 20.4 Å². The van der Waals surface area contributed by atoms with Crippen molar-refractivity contribution in [1.29, 1.82) is 0 Å². The Hall–Kier alpha value is -1.44. The van der Waals surface area contributed by atoms with Crippen molar-refractivity contribution in [3.8, 4) is 0 Å². The molecule has 0 fully saturated rings. The number of rotatable bonds is 5. The van der Waals surface area contributed by atoms with E-state index in [0.717, 1.165) is 16.1 Å². The van der Waals surface area contributed by atoms with Crippen LogP contribution in [0.15, 0.2) is 29.2 Å². The lowest BCUT2D eigenvalue weighted by molar-refractivity contribution is 0.599. The van der Waals surface area contributed by atoms with Gasteiger partial charge >= 0.3 is 0 Å². The van der Waals surface area contributed by atoms with Crippen molar-refractivity contribution in [2.75, 3.05) is 11.8 Å². The molecule has 0 saturated heterocycles. The molecule has 2 rings (SSSR count). The summed E-state index contributed by atoms with van der Waals surface area (Å²) in [6, 6.07) is 6.93. The molecular weight excluding hydrogens is 294 g/mol. The monoisotopic (exact) mass is 311 g/mol. The highest BCUT2D eigenvalue weighted by molar-refractivity contribution is 7.93. The number of thiazole rings is 1. The third-order valence-electron chi connectivity index (χ3n) is 2.88. The summed E-state index contributed by atoms with van der Waals surface area (Å²) in [6.45, 7) is 4.27. The summed E-state index contributed by atoms with van der Waals surface area (Å²) in [5.41, 5.74) is 1.57. The average Bonchev–Trinajstić information content (AvgIpc) is 2.68. The molecule has 0 saturated carbocycles. The fraction of sp³-hybridized carbons (Fsp3) is 0.308. The molecule has 0 bridgehead atoms. The first-order valence-electron chi connectivity index (χ1n) is 6.13. The lowest BCUT2D eigenvalue weighted by atomic mass is 10.2. The molecule has 0 amide bonds. The van der Waals surface area contributed by atoms with Crippen molar-refractivity contribution < 1.29 is 8.42 Å².